The van der Waals surface area contributed by atoms with Crippen LogP contribution in [0.15, 0.2) is 29.7 Å². The Morgan fingerprint density at radius 3 is 2.52 bits per heavy atom. The molecule has 31 heavy (non-hydrogen) atoms. The first-order valence-electron chi connectivity index (χ1n) is 11.0. The van der Waals surface area contributed by atoms with Crippen LogP contribution in [0.2, 0.25) is 0 Å². The number of phenolic OH excluding ortho intramolecular Hbond substituents is 1. The number of hydrogen-bond donors (Lipinski definition) is 3. The minimum Gasteiger partial charge on any atom is -0.504 e. The molecule has 160 valence electrons. The number of nitrogens with one attached hydrogen (secondary N) is 1. The molecule has 4 aliphatic carbocycles. The average molecular weight is 418 g/mol. The Bertz CT molecular complexity index is 1110. The SMILES string of the molecule is COc1cc([C@@H]2C(C#N)=C(N)Oc3n[nH]c(C45CC6CC(CC(C6)C4)C5)c32)ccc1O. The van der Waals surface area contributed by atoms with Crippen LogP contribution in [0, 0.1) is 29.1 Å². The quantitative estimate of drug-likeness (QED) is 0.698. The summed E-state index contributed by atoms with van der Waals surface area (Å²) in [5.74, 6) is 2.87. The largest absolute Gasteiger partial charge is 0.504 e. The Labute approximate surface area is 180 Å². The zero-order chi connectivity index (χ0) is 21.3. The number of nitriles is 1. The lowest BCUT2D eigenvalue weighted by Crippen LogP contribution is -2.49. The highest BCUT2D eigenvalue weighted by molar-refractivity contribution is 5.58. The van der Waals surface area contributed by atoms with Crippen molar-refractivity contribution >= 4 is 0 Å². The maximum absolute atomic E-state index is 10.1. The third kappa shape index (κ3) is 2.60. The monoisotopic (exact) mass is 418 g/mol. The molecule has 1 atom stereocenters. The molecule has 4 fully saturated rings. The summed E-state index contributed by atoms with van der Waals surface area (Å²) in [6.45, 7) is 0. The number of benzene rings is 1. The second-order valence-corrected chi connectivity index (χ2v) is 9.87. The summed E-state index contributed by atoms with van der Waals surface area (Å²) in [6.07, 6.45) is 7.55. The van der Waals surface area contributed by atoms with Crippen molar-refractivity contribution in [3.05, 3.63) is 46.5 Å². The van der Waals surface area contributed by atoms with Gasteiger partial charge in [0.1, 0.15) is 11.6 Å². The van der Waals surface area contributed by atoms with Gasteiger partial charge in [-0.3, -0.25) is 5.10 Å². The molecule has 7 nitrogen and oxygen atoms in total. The molecule has 4 bridgehead atoms. The lowest BCUT2D eigenvalue weighted by Gasteiger charge is -2.56. The molecule has 1 aromatic carbocycles. The summed E-state index contributed by atoms with van der Waals surface area (Å²) in [6, 6.07) is 7.46. The van der Waals surface area contributed by atoms with Crippen LogP contribution < -0.4 is 15.2 Å². The van der Waals surface area contributed by atoms with Crippen LogP contribution in [0.5, 0.6) is 17.4 Å². The van der Waals surface area contributed by atoms with E-state index in [0.29, 0.717) is 17.2 Å². The molecule has 1 aromatic heterocycles. The van der Waals surface area contributed by atoms with E-state index in [1.165, 1.54) is 45.6 Å². The maximum atomic E-state index is 10.1. The Balaban J connectivity index is 1.53. The van der Waals surface area contributed by atoms with E-state index in [2.05, 4.69) is 16.3 Å². The number of nitrogens with zero attached hydrogens (tertiary/aromatic N) is 2. The molecular formula is C24H26N4O3. The van der Waals surface area contributed by atoms with Crippen LogP contribution in [-0.4, -0.2) is 22.4 Å². The van der Waals surface area contributed by atoms with E-state index in [1.807, 2.05) is 6.07 Å². The minimum absolute atomic E-state index is 0.0579. The molecule has 1 aliphatic heterocycles. The number of nitrogens with two attached hydrogens (primary N) is 1. The standard InChI is InChI=1S/C24H26N4O3/c1-30-18-7-15(2-3-17(18)29)19-16(11-25)22(26)31-23-20(19)21(27-28-23)24-8-12-4-13(9-24)6-14(5-12)10-24/h2-3,7,12-14,19,29H,4-6,8-10,26H2,1H3,(H,27,28)/t12?,13?,14?,19-,24?/m1/s1. The van der Waals surface area contributed by atoms with Gasteiger partial charge in [0.15, 0.2) is 11.5 Å². The topological polar surface area (TPSA) is 117 Å². The van der Waals surface area contributed by atoms with Crippen molar-refractivity contribution < 1.29 is 14.6 Å². The second kappa shape index (κ2) is 6.43. The van der Waals surface area contributed by atoms with Crippen LogP contribution in [0.1, 0.15) is 61.3 Å². The van der Waals surface area contributed by atoms with E-state index in [1.54, 1.807) is 12.1 Å². The maximum Gasteiger partial charge on any atom is 0.244 e. The zero-order valence-corrected chi connectivity index (χ0v) is 17.5. The Morgan fingerprint density at radius 2 is 1.90 bits per heavy atom. The zero-order valence-electron chi connectivity index (χ0n) is 17.5. The second-order valence-electron chi connectivity index (χ2n) is 9.87. The number of phenols is 1. The molecule has 7 heteroatoms. The van der Waals surface area contributed by atoms with E-state index < -0.39 is 5.92 Å². The Kier molecular flexibility index (Phi) is 3.86. The van der Waals surface area contributed by atoms with Crippen molar-refractivity contribution in [3.8, 4) is 23.4 Å². The highest BCUT2D eigenvalue weighted by Crippen LogP contribution is 2.62. The number of rotatable bonds is 3. The van der Waals surface area contributed by atoms with Gasteiger partial charge in [-0.05, 0) is 74.0 Å². The molecule has 0 unspecified atom stereocenters. The van der Waals surface area contributed by atoms with Gasteiger partial charge < -0.3 is 20.3 Å². The third-order valence-electron chi connectivity index (χ3n) is 8.04. The van der Waals surface area contributed by atoms with Crippen LogP contribution >= 0.6 is 0 Å². The van der Waals surface area contributed by atoms with Gasteiger partial charge in [0, 0.05) is 11.1 Å². The molecule has 2 heterocycles. The van der Waals surface area contributed by atoms with Gasteiger partial charge in [0.2, 0.25) is 11.8 Å². The Morgan fingerprint density at radius 1 is 1.23 bits per heavy atom. The summed E-state index contributed by atoms with van der Waals surface area (Å²) >= 11 is 0. The summed E-state index contributed by atoms with van der Waals surface area (Å²) < 4.78 is 11.2. The normalized spacial score (nSPS) is 33.0. The predicted molar refractivity (Wildman–Crippen MR) is 112 cm³/mol. The number of methoxy groups -OCH3 is 1. The molecule has 4 N–H and O–H groups in total. The molecule has 0 amide bonds. The smallest absolute Gasteiger partial charge is 0.244 e. The molecule has 5 aliphatic rings. The predicted octanol–water partition coefficient (Wildman–Crippen LogP) is 3.81. The molecule has 0 radical (unpaired) electrons. The fourth-order valence-corrected chi connectivity index (χ4v) is 7.27. The molecule has 2 aromatic rings. The first-order chi connectivity index (χ1) is 15.0. The molecule has 4 saturated carbocycles. The van der Waals surface area contributed by atoms with Crippen molar-refractivity contribution in [2.24, 2.45) is 23.5 Å². The number of fused-ring (bicyclic) bond motifs is 1. The highest BCUT2D eigenvalue weighted by Gasteiger charge is 2.54. The van der Waals surface area contributed by atoms with Crippen molar-refractivity contribution in [1.29, 1.82) is 5.26 Å². The van der Waals surface area contributed by atoms with Crippen molar-refractivity contribution in [3.63, 3.8) is 0 Å². The number of hydrogen-bond acceptors (Lipinski definition) is 6. The van der Waals surface area contributed by atoms with Crippen LogP contribution in [0.3, 0.4) is 0 Å². The minimum atomic E-state index is -0.412. The van der Waals surface area contributed by atoms with Gasteiger partial charge >= 0.3 is 0 Å². The van der Waals surface area contributed by atoms with Gasteiger partial charge in [-0.25, -0.2) is 0 Å². The first-order valence-corrected chi connectivity index (χ1v) is 11.0. The molecular weight excluding hydrogens is 392 g/mol. The van der Waals surface area contributed by atoms with E-state index >= 15 is 0 Å². The summed E-state index contributed by atoms with van der Waals surface area (Å²) in [4.78, 5) is 0. The summed E-state index contributed by atoms with van der Waals surface area (Å²) in [5, 5.41) is 27.9. The van der Waals surface area contributed by atoms with Gasteiger partial charge in [0.05, 0.1) is 18.6 Å². The fraction of sp³-hybridized carbons (Fsp3) is 0.500. The highest BCUT2D eigenvalue weighted by atomic mass is 16.5. The first kappa shape index (κ1) is 18.6. The van der Waals surface area contributed by atoms with E-state index in [9.17, 15) is 10.4 Å². The number of allylic oxidation sites excluding steroid dienone is 1. The number of aromatic amines is 1. The van der Waals surface area contributed by atoms with Gasteiger partial charge in [-0.15, -0.1) is 5.10 Å². The summed E-state index contributed by atoms with van der Waals surface area (Å²) in [7, 11) is 1.52. The lowest BCUT2D eigenvalue weighted by atomic mass is 9.48. The van der Waals surface area contributed by atoms with Crippen molar-refractivity contribution in [2.45, 2.75) is 49.9 Å². The van der Waals surface area contributed by atoms with Gasteiger partial charge in [-0.2, -0.15) is 5.26 Å². The third-order valence-corrected chi connectivity index (χ3v) is 8.04. The number of ether oxygens (including phenoxy) is 2. The van der Waals surface area contributed by atoms with Crippen LogP contribution in [-0.2, 0) is 5.41 Å². The lowest BCUT2D eigenvalue weighted by molar-refractivity contribution is -0.00768. The van der Waals surface area contributed by atoms with E-state index in [0.717, 1.165) is 34.6 Å². The summed E-state index contributed by atoms with van der Waals surface area (Å²) in [5.41, 5.74) is 9.43. The number of aromatic hydroxyl groups is 1. The van der Waals surface area contributed by atoms with E-state index in [-0.39, 0.29) is 17.0 Å². The van der Waals surface area contributed by atoms with Crippen LogP contribution in [0.25, 0.3) is 0 Å². The van der Waals surface area contributed by atoms with Crippen molar-refractivity contribution in [2.75, 3.05) is 7.11 Å². The molecule has 7 rings (SSSR count). The van der Waals surface area contributed by atoms with Crippen LogP contribution in [0.4, 0.5) is 0 Å². The number of aromatic nitrogens is 2. The van der Waals surface area contributed by atoms with E-state index in [4.69, 9.17) is 15.2 Å². The Hall–Kier alpha value is -3.14. The fourth-order valence-electron chi connectivity index (χ4n) is 7.27. The van der Waals surface area contributed by atoms with Gasteiger partial charge in [-0.1, -0.05) is 6.07 Å². The molecule has 0 saturated heterocycles. The van der Waals surface area contributed by atoms with Crippen molar-refractivity contribution in [1.82, 2.24) is 10.2 Å². The number of H-pyrrole nitrogens is 1. The average Bonchev–Trinajstić information content (AvgIpc) is 3.16. The molecule has 0 spiro atoms. The van der Waals surface area contributed by atoms with Gasteiger partial charge in [0.25, 0.3) is 0 Å².